The first-order valence-corrected chi connectivity index (χ1v) is 11.6. The quantitative estimate of drug-likeness (QED) is 0.347. The first kappa shape index (κ1) is 20.9. The van der Waals surface area contributed by atoms with E-state index in [1.807, 2.05) is 18.2 Å². The molecule has 0 saturated heterocycles. The van der Waals surface area contributed by atoms with Crippen LogP contribution in [-0.4, -0.2) is 25.9 Å². The number of fused-ring (bicyclic) bond motifs is 2. The largest absolute Gasteiger partial charge is 0.870 e. The van der Waals surface area contributed by atoms with Crippen molar-refractivity contribution in [2.45, 2.75) is 9.79 Å². The topological polar surface area (TPSA) is 157 Å². The summed E-state index contributed by atoms with van der Waals surface area (Å²) in [7, 11) is -9.53. The standard InChI is InChI=1S/C20H14N2O7S2/c23-20-18(31(27,28)29)11-13-10-14(30(24,25)26)8-9-16(13)19(20)22-21-17-7-3-5-12-4-1-2-6-15(12)17/h1-11,23H,(H,24,25,26)(H,27,28,29)/p-1. The Balaban J connectivity index is 1.99. The van der Waals surface area contributed by atoms with E-state index in [0.29, 0.717) is 5.69 Å². The van der Waals surface area contributed by atoms with Crippen LogP contribution in [0.25, 0.3) is 21.5 Å². The van der Waals surface area contributed by atoms with Crippen molar-refractivity contribution in [3.63, 3.8) is 0 Å². The second-order valence-electron chi connectivity index (χ2n) is 6.58. The Morgan fingerprint density at radius 1 is 0.710 bits per heavy atom. The van der Waals surface area contributed by atoms with Crippen molar-refractivity contribution in [3.8, 4) is 5.75 Å². The second-order valence-corrected chi connectivity index (χ2v) is 9.40. The molecular weight excluding hydrogens is 444 g/mol. The fourth-order valence-electron chi connectivity index (χ4n) is 3.17. The lowest BCUT2D eigenvalue weighted by atomic mass is 10.1. The molecule has 0 aliphatic carbocycles. The molecule has 0 amide bonds. The lowest BCUT2D eigenvalue weighted by molar-refractivity contribution is -0.271. The molecule has 0 aromatic heterocycles. The van der Waals surface area contributed by atoms with Crippen LogP contribution in [0.5, 0.6) is 5.75 Å². The Kier molecular flexibility index (Phi) is 4.98. The van der Waals surface area contributed by atoms with Crippen molar-refractivity contribution in [3.05, 3.63) is 66.7 Å². The Bertz CT molecular complexity index is 1590. The average Bonchev–Trinajstić information content (AvgIpc) is 2.71. The molecule has 4 aromatic rings. The molecule has 0 spiro atoms. The molecule has 0 saturated carbocycles. The van der Waals surface area contributed by atoms with Gasteiger partial charge in [0.25, 0.3) is 20.2 Å². The van der Waals surface area contributed by atoms with Gasteiger partial charge in [0.2, 0.25) is 0 Å². The highest BCUT2D eigenvalue weighted by molar-refractivity contribution is 7.86. The summed E-state index contributed by atoms with van der Waals surface area (Å²) >= 11 is 0. The molecule has 0 unspecified atom stereocenters. The van der Waals surface area contributed by atoms with Crippen molar-refractivity contribution in [2.24, 2.45) is 10.2 Å². The van der Waals surface area contributed by atoms with E-state index >= 15 is 0 Å². The van der Waals surface area contributed by atoms with Crippen LogP contribution in [0.15, 0.2) is 86.7 Å². The number of nitrogens with zero attached hydrogens (tertiary/aromatic N) is 2. The van der Waals surface area contributed by atoms with Gasteiger partial charge in [-0.2, -0.15) is 21.9 Å². The van der Waals surface area contributed by atoms with E-state index in [-0.39, 0.29) is 10.8 Å². The molecule has 0 heterocycles. The van der Waals surface area contributed by atoms with Crippen LogP contribution in [0.2, 0.25) is 0 Å². The van der Waals surface area contributed by atoms with Gasteiger partial charge in [-0.15, -0.1) is 5.11 Å². The first-order chi connectivity index (χ1) is 14.6. The average molecular weight is 457 g/mol. The third-order valence-corrected chi connectivity index (χ3v) is 6.31. The van der Waals surface area contributed by atoms with Gasteiger partial charge in [-0.05, 0) is 35.0 Å². The Morgan fingerprint density at radius 2 is 1.42 bits per heavy atom. The van der Waals surface area contributed by atoms with Crippen LogP contribution in [0.3, 0.4) is 0 Å². The summed E-state index contributed by atoms with van der Waals surface area (Å²) in [6.07, 6.45) is 0. The van der Waals surface area contributed by atoms with Crippen LogP contribution < -0.4 is 5.11 Å². The normalized spacial score (nSPS) is 12.7. The van der Waals surface area contributed by atoms with Crippen molar-refractivity contribution in [1.29, 1.82) is 0 Å². The molecule has 0 aliphatic rings. The molecule has 31 heavy (non-hydrogen) atoms. The molecule has 11 heteroatoms. The minimum atomic E-state index is -4.94. The molecule has 0 aliphatic heterocycles. The number of hydrogen-bond donors (Lipinski definition) is 2. The molecule has 158 valence electrons. The van der Waals surface area contributed by atoms with Gasteiger partial charge >= 0.3 is 0 Å². The zero-order valence-electron chi connectivity index (χ0n) is 15.5. The minimum Gasteiger partial charge on any atom is -0.870 e. The molecule has 4 aromatic carbocycles. The van der Waals surface area contributed by atoms with E-state index in [9.17, 15) is 31.0 Å². The van der Waals surface area contributed by atoms with E-state index in [1.165, 1.54) is 6.07 Å². The smallest absolute Gasteiger partial charge is 0.294 e. The van der Waals surface area contributed by atoms with Gasteiger partial charge in [0.05, 0.1) is 21.2 Å². The van der Waals surface area contributed by atoms with Gasteiger partial charge in [-0.25, -0.2) is 0 Å². The number of benzene rings is 4. The molecule has 0 fully saturated rings. The second kappa shape index (κ2) is 7.39. The van der Waals surface area contributed by atoms with Crippen LogP contribution in [0.4, 0.5) is 11.4 Å². The number of rotatable bonds is 4. The van der Waals surface area contributed by atoms with Crippen molar-refractivity contribution >= 4 is 53.2 Å². The van der Waals surface area contributed by atoms with Gasteiger partial charge in [-0.1, -0.05) is 48.2 Å². The Labute approximate surface area is 176 Å². The van der Waals surface area contributed by atoms with E-state index in [4.69, 9.17) is 0 Å². The summed E-state index contributed by atoms with van der Waals surface area (Å²) in [5.41, 5.74) is 0.0115. The minimum absolute atomic E-state index is 0.0470. The molecular formula is C20H13N2O7S2-. The maximum absolute atomic E-state index is 12.7. The third-order valence-electron chi connectivity index (χ3n) is 4.60. The van der Waals surface area contributed by atoms with E-state index < -0.39 is 41.5 Å². The third kappa shape index (κ3) is 3.99. The first-order valence-electron chi connectivity index (χ1n) is 8.68. The molecule has 4 rings (SSSR count). The van der Waals surface area contributed by atoms with Crippen LogP contribution in [0.1, 0.15) is 0 Å². The Hall–Kier alpha value is -3.38. The summed E-state index contributed by atoms with van der Waals surface area (Å²) in [6.45, 7) is 0. The summed E-state index contributed by atoms with van der Waals surface area (Å²) < 4.78 is 64.9. The van der Waals surface area contributed by atoms with E-state index in [0.717, 1.165) is 29.0 Å². The lowest BCUT2D eigenvalue weighted by Crippen LogP contribution is -2.05. The molecule has 2 N–H and O–H groups in total. The SMILES string of the molecule is O=S(=O)(O)c1ccc2c(N=Nc3cccc4ccccc34)c([O-])c(S(=O)(=O)O)cc2c1. The van der Waals surface area contributed by atoms with Crippen molar-refractivity contribution in [2.75, 3.05) is 0 Å². The Morgan fingerprint density at radius 3 is 2.13 bits per heavy atom. The number of hydrogen-bond acceptors (Lipinski definition) is 7. The predicted octanol–water partition coefficient (Wildman–Crippen LogP) is 3.98. The monoisotopic (exact) mass is 457 g/mol. The van der Waals surface area contributed by atoms with Crippen LogP contribution >= 0.6 is 0 Å². The van der Waals surface area contributed by atoms with Gasteiger partial charge in [0.15, 0.2) is 0 Å². The van der Waals surface area contributed by atoms with Gasteiger partial charge in [-0.3, -0.25) is 9.11 Å². The maximum Gasteiger partial charge on any atom is 0.294 e. The number of azo groups is 1. The highest BCUT2D eigenvalue weighted by Gasteiger charge is 2.18. The fourth-order valence-corrected chi connectivity index (χ4v) is 4.30. The molecule has 9 nitrogen and oxygen atoms in total. The molecule has 0 atom stereocenters. The summed E-state index contributed by atoms with van der Waals surface area (Å²) in [4.78, 5) is -1.50. The van der Waals surface area contributed by atoms with Crippen LogP contribution in [0, 0.1) is 0 Å². The van der Waals surface area contributed by atoms with Crippen LogP contribution in [-0.2, 0) is 20.2 Å². The molecule has 0 bridgehead atoms. The predicted molar refractivity (Wildman–Crippen MR) is 111 cm³/mol. The summed E-state index contributed by atoms with van der Waals surface area (Å²) in [5, 5.41) is 22.4. The van der Waals surface area contributed by atoms with Gasteiger partial charge in [0, 0.05) is 10.8 Å². The van der Waals surface area contributed by atoms with Crippen molar-refractivity contribution in [1.82, 2.24) is 0 Å². The zero-order valence-corrected chi connectivity index (χ0v) is 17.1. The van der Waals surface area contributed by atoms with E-state index in [1.54, 1.807) is 24.3 Å². The summed E-state index contributed by atoms with van der Waals surface area (Å²) in [6, 6.07) is 16.6. The molecule has 0 radical (unpaired) electrons. The summed E-state index contributed by atoms with van der Waals surface area (Å²) in [5.74, 6) is -1.10. The van der Waals surface area contributed by atoms with Gasteiger partial charge < -0.3 is 5.11 Å². The highest BCUT2D eigenvalue weighted by atomic mass is 32.2. The maximum atomic E-state index is 12.7. The zero-order chi connectivity index (χ0) is 22.4. The van der Waals surface area contributed by atoms with Gasteiger partial charge in [0.1, 0.15) is 0 Å². The van der Waals surface area contributed by atoms with Crippen molar-refractivity contribution < 1.29 is 31.0 Å². The highest BCUT2D eigenvalue weighted by Crippen LogP contribution is 2.40. The lowest BCUT2D eigenvalue weighted by Gasteiger charge is -2.17. The van der Waals surface area contributed by atoms with E-state index in [2.05, 4.69) is 10.2 Å². The fraction of sp³-hybridized carbons (Fsp3) is 0.